The van der Waals surface area contributed by atoms with Crippen LogP contribution in [0, 0.1) is 0 Å². The number of hydrogen-bond donors (Lipinski definition) is 1. The first-order valence-corrected chi connectivity index (χ1v) is 7.79. The molecule has 2 rings (SSSR count). The Morgan fingerprint density at radius 2 is 1.64 bits per heavy atom. The quantitative estimate of drug-likeness (QED) is 0.855. The molecule has 0 amide bonds. The zero-order chi connectivity index (χ0) is 16.4. The number of alkyl halides is 3. The first kappa shape index (κ1) is 16.5. The molecule has 0 atom stereocenters. The summed E-state index contributed by atoms with van der Waals surface area (Å²) in [5, 5.41) is 0. The average molecular weight is 398 g/mol. The van der Waals surface area contributed by atoms with Gasteiger partial charge in [-0.15, -0.1) is 0 Å². The van der Waals surface area contributed by atoms with E-state index < -0.39 is 15.5 Å². The van der Waals surface area contributed by atoms with Crippen LogP contribution in [-0.4, -0.2) is 23.9 Å². The highest BCUT2D eigenvalue weighted by Gasteiger charge is 2.45. The molecule has 2 aromatic rings. The Bertz CT molecular complexity index is 749. The Morgan fingerprint density at radius 1 is 1.09 bits per heavy atom. The molecular weight excluding hydrogens is 391 g/mol. The SMILES string of the molecule is O=S(=O)(Nc1ccc(Oc2ncc(Br)cn2)cc1)C(F)(F)F. The van der Waals surface area contributed by atoms with Crippen molar-refractivity contribution in [3.05, 3.63) is 41.1 Å². The van der Waals surface area contributed by atoms with Crippen molar-refractivity contribution >= 4 is 31.6 Å². The second-order valence-corrected chi connectivity index (χ2v) is 6.45. The maximum atomic E-state index is 12.2. The predicted octanol–water partition coefficient (Wildman–Crippen LogP) is 3.29. The second kappa shape index (κ2) is 6.08. The van der Waals surface area contributed by atoms with Crippen molar-refractivity contribution in [2.24, 2.45) is 0 Å². The molecule has 1 aromatic carbocycles. The molecule has 0 saturated heterocycles. The molecule has 0 bridgehead atoms. The summed E-state index contributed by atoms with van der Waals surface area (Å²) in [7, 11) is -5.45. The molecule has 0 saturated carbocycles. The fourth-order valence-electron chi connectivity index (χ4n) is 1.26. The van der Waals surface area contributed by atoms with Crippen LogP contribution in [0.15, 0.2) is 41.1 Å². The lowest BCUT2D eigenvalue weighted by atomic mass is 10.3. The molecule has 0 fully saturated rings. The Labute approximate surface area is 131 Å². The zero-order valence-corrected chi connectivity index (χ0v) is 12.9. The van der Waals surface area contributed by atoms with E-state index in [1.807, 2.05) is 0 Å². The van der Waals surface area contributed by atoms with Gasteiger partial charge in [-0.1, -0.05) is 0 Å². The number of anilines is 1. The van der Waals surface area contributed by atoms with Crippen LogP contribution < -0.4 is 9.46 Å². The minimum Gasteiger partial charge on any atom is -0.424 e. The monoisotopic (exact) mass is 397 g/mol. The molecule has 1 aromatic heterocycles. The number of sulfonamides is 1. The molecule has 118 valence electrons. The van der Waals surface area contributed by atoms with Crippen molar-refractivity contribution in [2.75, 3.05) is 4.72 Å². The summed E-state index contributed by atoms with van der Waals surface area (Å²) in [6.45, 7) is 0. The van der Waals surface area contributed by atoms with Gasteiger partial charge < -0.3 is 4.74 Å². The molecule has 1 N–H and O–H groups in total. The van der Waals surface area contributed by atoms with Gasteiger partial charge in [0, 0.05) is 18.1 Å². The highest BCUT2D eigenvalue weighted by molar-refractivity contribution is 9.10. The minimum absolute atomic E-state index is 0.0341. The summed E-state index contributed by atoms with van der Waals surface area (Å²) >= 11 is 3.15. The van der Waals surface area contributed by atoms with E-state index in [9.17, 15) is 21.6 Å². The number of nitrogens with zero attached hydrogens (tertiary/aromatic N) is 2. The van der Waals surface area contributed by atoms with E-state index in [0.717, 1.165) is 12.1 Å². The van der Waals surface area contributed by atoms with Gasteiger partial charge in [0.1, 0.15) is 5.75 Å². The van der Waals surface area contributed by atoms with Crippen molar-refractivity contribution in [1.29, 1.82) is 0 Å². The number of aromatic nitrogens is 2. The third kappa shape index (κ3) is 4.07. The largest absolute Gasteiger partial charge is 0.516 e. The van der Waals surface area contributed by atoms with Gasteiger partial charge in [0.2, 0.25) is 0 Å². The molecule has 0 spiro atoms. The maximum absolute atomic E-state index is 12.2. The van der Waals surface area contributed by atoms with Crippen molar-refractivity contribution in [3.63, 3.8) is 0 Å². The van der Waals surface area contributed by atoms with Gasteiger partial charge in [-0.2, -0.15) is 21.6 Å². The fourth-order valence-corrected chi connectivity index (χ4v) is 2.03. The molecule has 11 heteroatoms. The normalized spacial score (nSPS) is 12.0. The van der Waals surface area contributed by atoms with Crippen LogP contribution in [0.5, 0.6) is 11.8 Å². The van der Waals surface area contributed by atoms with Crippen LogP contribution in [0.4, 0.5) is 18.9 Å². The number of benzene rings is 1. The molecule has 0 unspecified atom stereocenters. The van der Waals surface area contributed by atoms with Gasteiger partial charge >= 0.3 is 21.5 Å². The molecular formula is C11H7BrF3N3O3S. The van der Waals surface area contributed by atoms with E-state index in [1.54, 1.807) is 0 Å². The van der Waals surface area contributed by atoms with Crippen LogP contribution in [0.1, 0.15) is 0 Å². The summed E-state index contributed by atoms with van der Waals surface area (Å²) in [4.78, 5) is 7.69. The van der Waals surface area contributed by atoms with E-state index in [2.05, 4.69) is 25.9 Å². The third-order valence-corrected chi connectivity index (χ3v) is 3.74. The fraction of sp³-hybridized carbons (Fsp3) is 0.0909. The van der Waals surface area contributed by atoms with Crippen LogP contribution >= 0.6 is 15.9 Å². The second-order valence-electron chi connectivity index (χ2n) is 3.86. The van der Waals surface area contributed by atoms with E-state index in [1.165, 1.54) is 29.2 Å². The molecule has 1 heterocycles. The Hall–Kier alpha value is -1.88. The number of nitrogens with one attached hydrogen (secondary N) is 1. The number of hydrogen-bond acceptors (Lipinski definition) is 5. The lowest BCUT2D eigenvalue weighted by Crippen LogP contribution is -2.29. The standard InChI is InChI=1S/C11H7BrF3N3O3S/c12-7-5-16-10(17-6-7)21-9-3-1-8(2-4-9)18-22(19,20)11(13,14)15/h1-6,18H. The Morgan fingerprint density at radius 3 is 2.14 bits per heavy atom. The minimum atomic E-state index is -5.45. The van der Waals surface area contributed by atoms with Gasteiger partial charge in [0.05, 0.1) is 4.47 Å². The summed E-state index contributed by atoms with van der Waals surface area (Å²) in [5.74, 6) is 0.234. The molecule has 22 heavy (non-hydrogen) atoms. The van der Waals surface area contributed by atoms with Gasteiger partial charge in [-0.05, 0) is 40.2 Å². The summed E-state index contributed by atoms with van der Waals surface area (Å²) < 4.78 is 65.8. The average Bonchev–Trinajstić information content (AvgIpc) is 2.42. The van der Waals surface area contributed by atoms with Crippen LogP contribution in [-0.2, 0) is 10.0 Å². The van der Waals surface area contributed by atoms with Crippen molar-refractivity contribution in [2.45, 2.75) is 5.51 Å². The van der Waals surface area contributed by atoms with Crippen molar-refractivity contribution < 1.29 is 26.3 Å². The summed E-state index contributed by atoms with van der Waals surface area (Å²) in [6, 6.07) is 4.83. The molecule has 0 aliphatic carbocycles. The van der Waals surface area contributed by atoms with Gasteiger partial charge in [0.15, 0.2) is 0 Å². The lowest BCUT2D eigenvalue weighted by Gasteiger charge is -2.10. The van der Waals surface area contributed by atoms with Gasteiger partial charge in [-0.25, -0.2) is 9.97 Å². The van der Waals surface area contributed by atoms with E-state index in [4.69, 9.17) is 4.74 Å². The van der Waals surface area contributed by atoms with Crippen LogP contribution in [0.2, 0.25) is 0 Å². The summed E-state index contributed by atoms with van der Waals surface area (Å²) in [5.41, 5.74) is -5.63. The predicted molar refractivity (Wildman–Crippen MR) is 74.8 cm³/mol. The molecule has 6 nitrogen and oxygen atoms in total. The lowest BCUT2D eigenvalue weighted by molar-refractivity contribution is -0.0429. The zero-order valence-electron chi connectivity index (χ0n) is 10.5. The van der Waals surface area contributed by atoms with E-state index in [0.29, 0.717) is 4.47 Å². The van der Waals surface area contributed by atoms with E-state index >= 15 is 0 Å². The summed E-state index contributed by atoms with van der Waals surface area (Å²) in [6.07, 6.45) is 2.91. The first-order valence-electron chi connectivity index (χ1n) is 5.52. The number of halogens is 4. The van der Waals surface area contributed by atoms with Crippen LogP contribution in [0.25, 0.3) is 0 Å². The molecule has 0 aliphatic heterocycles. The molecule has 0 radical (unpaired) electrons. The smallest absolute Gasteiger partial charge is 0.424 e. The maximum Gasteiger partial charge on any atom is 0.516 e. The van der Waals surface area contributed by atoms with Gasteiger partial charge in [0.25, 0.3) is 0 Å². The number of ether oxygens (including phenoxy) is 1. The Kier molecular flexibility index (Phi) is 4.56. The topological polar surface area (TPSA) is 81.2 Å². The van der Waals surface area contributed by atoms with E-state index in [-0.39, 0.29) is 17.4 Å². The number of rotatable bonds is 4. The van der Waals surface area contributed by atoms with Gasteiger partial charge in [-0.3, -0.25) is 4.72 Å². The van der Waals surface area contributed by atoms with Crippen LogP contribution in [0.3, 0.4) is 0 Å². The van der Waals surface area contributed by atoms with Crippen molar-refractivity contribution in [3.8, 4) is 11.8 Å². The third-order valence-electron chi connectivity index (χ3n) is 2.22. The highest BCUT2D eigenvalue weighted by atomic mass is 79.9. The highest BCUT2D eigenvalue weighted by Crippen LogP contribution is 2.27. The molecule has 0 aliphatic rings. The Balaban J connectivity index is 2.09. The van der Waals surface area contributed by atoms with Crippen molar-refractivity contribution in [1.82, 2.24) is 9.97 Å². The first-order chi connectivity index (χ1) is 10.2.